The van der Waals surface area contributed by atoms with Gasteiger partial charge in [0.2, 0.25) is 0 Å². The molecule has 16 heavy (non-hydrogen) atoms. The Labute approximate surface area is 97.1 Å². The molecule has 1 aliphatic rings. The van der Waals surface area contributed by atoms with Crippen LogP contribution in [0.15, 0.2) is 0 Å². The average molecular weight is 230 g/mol. The van der Waals surface area contributed by atoms with Gasteiger partial charge in [0.15, 0.2) is 0 Å². The van der Waals surface area contributed by atoms with E-state index in [9.17, 15) is 4.79 Å². The number of nitrogens with one attached hydrogen (secondary N) is 1. The predicted octanol–water partition coefficient (Wildman–Crippen LogP) is -0.140. The van der Waals surface area contributed by atoms with Crippen LogP contribution in [0, 0.1) is 0 Å². The van der Waals surface area contributed by atoms with Gasteiger partial charge in [-0.25, -0.2) is 0 Å². The first kappa shape index (κ1) is 13.4. The van der Waals surface area contributed by atoms with Gasteiger partial charge in [-0.1, -0.05) is 0 Å². The molecule has 0 bridgehead atoms. The zero-order valence-electron chi connectivity index (χ0n) is 10.2. The minimum Gasteiger partial charge on any atom is -0.459 e. The van der Waals surface area contributed by atoms with Crippen molar-refractivity contribution in [3.8, 4) is 0 Å². The van der Waals surface area contributed by atoms with Gasteiger partial charge in [-0.2, -0.15) is 0 Å². The molecule has 5 heteroatoms. The first-order chi connectivity index (χ1) is 7.72. The predicted molar refractivity (Wildman–Crippen MR) is 61.4 cm³/mol. The number of esters is 1. The van der Waals surface area contributed by atoms with Crippen molar-refractivity contribution in [1.82, 2.24) is 10.2 Å². The summed E-state index contributed by atoms with van der Waals surface area (Å²) in [6.07, 6.45) is 0.920. The van der Waals surface area contributed by atoms with Crippen molar-refractivity contribution in [3.05, 3.63) is 0 Å². The van der Waals surface area contributed by atoms with E-state index in [0.717, 1.165) is 32.6 Å². The lowest BCUT2D eigenvalue weighted by Gasteiger charge is -2.19. The summed E-state index contributed by atoms with van der Waals surface area (Å²) in [5.41, 5.74) is 0. The summed E-state index contributed by atoms with van der Waals surface area (Å²) >= 11 is 0. The zero-order valence-corrected chi connectivity index (χ0v) is 10.2. The normalized spacial score (nSPS) is 20.1. The van der Waals surface area contributed by atoms with Crippen LogP contribution in [0.5, 0.6) is 0 Å². The van der Waals surface area contributed by atoms with E-state index >= 15 is 0 Å². The van der Waals surface area contributed by atoms with Crippen molar-refractivity contribution in [2.24, 2.45) is 0 Å². The van der Waals surface area contributed by atoms with Crippen LogP contribution in [-0.2, 0) is 14.3 Å². The fraction of sp³-hybridized carbons (Fsp3) is 0.909. The van der Waals surface area contributed by atoms with E-state index in [1.165, 1.54) is 0 Å². The summed E-state index contributed by atoms with van der Waals surface area (Å²) < 4.78 is 10.1. The number of carbonyl (C=O) groups is 1. The molecule has 1 rings (SSSR count). The molecular weight excluding hydrogens is 208 g/mol. The number of rotatable bonds is 5. The molecule has 1 fully saturated rings. The second-order valence-corrected chi connectivity index (χ2v) is 4.14. The largest absolute Gasteiger partial charge is 0.459 e. The van der Waals surface area contributed by atoms with E-state index in [2.05, 4.69) is 10.2 Å². The lowest BCUT2D eigenvalue weighted by atomic mass is 10.4. The molecule has 1 saturated heterocycles. The van der Waals surface area contributed by atoms with E-state index in [1.54, 1.807) is 7.11 Å². The van der Waals surface area contributed by atoms with Crippen LogP contribution in [0.2, 0.25) is 0 Å². The summed E-state index contributed by atoms with van der Waals surface area (Å²) in [6, 6.07) is 0. The Kier molecular flexibility index (Phi) is 6.37. The number of hydrogen-bond acceptors (Lipinski definition) is 5. The van der Waals surface area contributed by atoms with Crippen LogP contribution < -0.4 is 5.32 Å². The number of carbonyl (C=O) groups excluding carboxylic acids is 1. The minimum atomic E-state index is -0.164. The Morgan fingerprint density at radius 2 is 2.25 bits per heavy atom. The van der Waals surface area contributed by atoms with Gasteiger partial charge >= 0.3 is 5.97 Å². The quantitative estimate of drug-likeness (QED) is 0.666. The van der Waals surface area contributed by atoms with Gasteiger partial charge in [-0.05, 0) is 26.4 Å². The molecule has 0 aliphatic carbocycles. The van der Waals surface area contributed by atoms with E-state index in [4.69, 9.17) is 9.47 Å². The number of methoxy groups -OCH3 is 1. The first-order valence-electron chi connectivity index (χ1n) is 5.84. The lowest BCUT2D eigenvalue weighted by molar-refractivity contribution is -0.151. The van der Waals surface area contributed by atoms with Gasteiger partial charge < -0.3 is 14.8 Å². The molecule has 0 aromatic heterocycles. The molecule has 5 nitrogen and oxygen atoms in total. The average Bonchev–Trinajstić information content (AvgIpc) is 2.46. The van der Waals surface area contributed by atoms with Crippen LogP contribution in [0.1, 0.15) is 13.3 Å². The highest BCUT2D eigenvalue weighted by atomic mass is 16.6. The Morgan fingerprint density at radius 3 is 3.00 bits per heavy atom. The van der Waals surface area contributed by atoms with Crippen molar-refractivity contribution in [2.75, 3.05) is 46.4 Å². The summed E-state index contributed by atoms with van der Waals surface area (Å²) in [4.78, 5) is 13.7. The van der Waals surface area contributed by atoms with Crippen molar-refractivity contribution < 1.29 is 14.3 Å². The second-order valence-electron chi connectivity index (χ2n) is 4.14. The summed E-state index contributed by atoms with van der Waals surface area (Å²) in [6.45, 7) is 6.52. The standard InChI is InChI=1S/C11H22N2O3/c1-10(9-15-2)16-11(14)8-13-6-3-4-12-5-7-13/h10,12H,3-9H2,1-2H3. The molecule has 94 valence electrons. The molecule has 1 heterocycles. The molecule has 0 spiro atoms. The SMILES string of the molecule is COCC(C)OC(=O)CN1CCCNCC1. The molecule has 1 unspecified atom stereocenters. The van der Waals surface area contributed by atoms with E-state index < -0.39 is 0 Å². The van der Waals surface area contributed by atoms with Gasteiger partial charge in [0.1, 0.15) is 6.10 Å². The monoisotopic (exact) mass is 230 g/mol. The van der Waals surface area contributed by atoms with E-state index in [-0.39, 0.29) is 12.1 Å². The molecule has 1 N–H and O–H groups in total. The van der Waals surface area contributed by atoms with E-state index in [1.807, 2.05) is 6.92 Å². The maximum absolute atomic E-state index is 11.6. The Bertz CT molecular complexity index is 203. The van der Waals surface area contributed by atoms with Crippen molar-refractivity contribution >= 4 is 5.97 Å². The van der Waals surface area contributed by atoms with Gasteiger partial charge in [-0.3, -0.25) is 9.69 Å². The van der Waals surface area contributed by atoms with Crippen molar-refractivity contribution in [1.29, 1.82) is 0 Å². The molecule has 0 aromatic carbocycles. The Hall–Kier alpha value is -0.650. The van der Waals surface area contributed by atoms with Gasteiger partial charge in [-0.15, -0.1) is 0 Å². The van der Waals surface area contributed by atoms with Crippen molar-refractivity contribution in [3.63, 3.8) is 0 Å². The lowest BCUT2D eigenvalue weighted by Crippen LogP contribution is -2.35. The highest BCUT2D eigenvalue weighted by Crippen LogP contribution is 1.98. The van der Waals surface area contributed by atoms with Crippen molar-refractivity contribution in [2.45, 2.75) is 19.4 Å². The molecule has 0 radical (unpaired) electrons. The molecule has 1 aliphatic heterocycles. The minimum absolute atomic E-state index is 0.161. The third kappa shape index (κ3) is 5.44. The van der Waals surface area contributed by atoms with Crippen LogP contribution in [0.25, 0.3) is 0 Å². The summed E-state index contributed by atoms with van der Waals surface area (Å²) in [7, 11) is 1.60. The van der Waals surface area contributed by atoms with Crippen LogP contribution in [-0.4, -0.2) is 63.4 Å². The fourth-order valence-corrected chi connectivity index (χ4v) is 1.77. The zero-order chi connectivity index (χ0) is 11.8. The number of hydrogen-bond donors (Lipinski definition) is 1. The first-order valence-corrected chi connectivity index (χ1v) is 5.84. The molecular formula is C11H22N2O3. The van der Waals surface area contributed by atoms with E-state index in [0.29, 0.717) is 13.2 Å². The molecule has 0 saturated carbocycles. The third-order valence-corrected chi connectivity index (χ3v) is 2.52. The molecule has 0 aromatic rings. The third-order valence-electron chi connectivity index (χ3n) is 2.52. The molecule has 1 atom stereocenters. The smallest absolute Gasteiger partial charge is 0.320 e. The highest BCUT2D eigenvalue weighted by molar-refractivity contribution is 5.71. The van der Waals surface area contributed by atoms with Gasteiger partial charge in [0.05, 0.1) is 13.2 Å². The number of nitrogens with zero attached hydrogens (tertiary/aromatic N) is 1. The second kappa shape index (κ2) is 7.60. The van der Waals surface area contributed by atoms with Crippen LogP contribution in [0.3, 0.4) is 0 Å². The summed E-state index contributed by atoms with van der Waals surface area (Å²) in [5.74, 6) is -0.161. The van der Waals surface area contributed by atoms with Crippen LogP contribution >= 0.6 is 0 Å². The highest BCUT2D eigenvalue weighted by Gasteiger charge is 2.15. The van der Waals surface area contributed by atoms with Crippen LogP contribution in [0.4, 0.5) is 0 Å². The maximum Gasteiger partial charge on any atom is 0.320 e. The maximum atomic E-state index is 11.6. The topological polar surface area (TPSA) is 50.8 Å². The van der Waals surface area contributed by atoms with Gasteiger partial charge in [0.25, 0.3) is 0 Å². The Morgan fingerprint density at radius 1 is 1.44 bits per heavy atom. The number of ether oxygens (including phenoxy) is 2. The Balaban J connectivity index is 2.21. The molecule has 0 amide bonds. The summed E-state index contributed by atoms with van der Waals surface area (Å²) in [5, 5.41) is 3.30. The fourth-order valence-electron chi connectivity index (χ4n) is 1.77. The van der Waals surface area contributed by atoms with Gasteiger partial charge in [0, 0.05) is 20.2 Å².